The molecule has 0 spiro atoms. The molecule has 0 amide bonds. The molecule has 0 aliphatic carbocycles. The van der Waals surface area contributed by atoms with Crippen LogP contribution in [0, 0.1) is 0 Å². The van der Waals surface area contributed by atoms with Gasteiger partial charge in [0.1, 0.15) is 0 Å². The van der Waals surface area contributed by atoms with E-state index in [1.807, 2.05) is 0 Å². The maximum atomic E-state index is 10.3. The van der Waals surface area contributed by atoms with E-state index in [-0.39, 0.29) is 21.1 Å². The molecule has 0 radical (unpaired) electrons. The van der Waals surface area contributed by atoms with Crippen molar-refractivity contribution in [2.24, 2.45) is 0 Å². The van der Waals surface area contributed by atoms with E-state index in [0.717, 1.165) is 77.0 Å². The maximum Gasteiger partial charge on any atom is 6.00 e. The molecule has 19 heteroatoms. The number of hydrogen-bond donors (Lipinski definition) is 0. The van der Waals surface area contributed by atoms with Gasteiger partial charge in [-0.25, -0.2) is 0 Å². The Kier molecular flexibility index (Phi) is 120. The Morgan fingerprint density at radius 2 is 0.209 bits per heavy atom. The summed E-state index contributed by atoms with van der Waals surface area (Å²) in [4.78, 5) is 61.9. The minimum atomic E-state index is -2.44. The molecule has 6 unspecified atom stereocenters. The van der Waals surface area contributed by atoms with E-state index in [4.69, 9.17) is 0 Å². The minimum Gasteiger partial charge on any atom is -0.802 e. The van der Waals surface area contributed by atoms with Crippen LogP contribution in [0.5, 0.6) is 0 Å². The van der Waals surface area contributed by atoms with Crippen LogP contribution in [0.4, 0.5) is 0 Å². The fourth-order valence-electron chi connectivity index (χ4n) is 10.5. The fraction of sp³-hybridized carbons (Fsp3) is 1.00. The first kappa shape index (κ1) is 106. The molecule has 0 aliphatic heterocycles. The molecule has 0 aliphatic rings. The van der Waals surface area contributed by atoms with E-state index in [0.29, 0.717) is 37.0 Å². The van der Waals surface area contributed by atoms with E-state index in [2.05, 4.69) is 41.5 Å². The summed E-state index contributed by atoms with van der Waals surface area (Å²) in [5.74, 6) is 0. The fourth-order valence-corrected chi connectivity index (χ4v) is 13.8. The molecule has 0 N–H and O–H groups in total. The van der Waals surface area contributed by atoms with Crippen LogP contribution in [-0.4, -0.2) is 37.0 Å². The van der Waals surface area contributed by atoms with Crippen molar-refractivity contribution in [3.8, 4) is 0 Å². The molecule has 6 atom stereocenters. The molecule has 0 saturated carbocycles. The van der Waals surface area contributed by atoms with Crippen molar-refractivity contribution in [1.29, 1.82) is 0 Å². The van der Waals surface area contributed by atoms with Gasteiger partial charge < -0.3 is 56.8 Å². The zero-order valence-corrected chi connectivity index (χ0v) is 69.0. The van der Waals surface area contributed by atoms with E-state index in [1.54, 1.807) is 0 Å². The summed E-state index contributed by atoms with van der Waals surface area (Å²) in [6.45, 7) is 13.4. The van der Waals surface area contributed by atoms with Crippen LogP contribution in [0.3, 0.4) is 0 Å². The van der Waals surface area contributed by atoms with Gasteiger partial charge in [0.15, 0.2) is 0 Å². The molecule has 0 bridgehead atoms. The van der Waals surface area contributed by atoms with E-state index in [1.165, 1.54) is 308 Å². The Balaban J connectivity index is -0.000000186. The summed E-state index contributed by atoms with van der Waals surface area (Å²) in [5.41, 5.74) is 0. The number of hydrogen-bond acceptors (Lipinski definition) is 12. The topological polar surface area (TPSA) is 241 Å². The van der Waals surface area contributed by atoms with Crippen molar-refractivity contribution in [3.05, 3.63) is 0 Å². The number of unbranched alkanes of at least 4 members (excludes halogenated alkanes) is 54. The van der Waals surface area contributed by atoms with Gasteiger partial charge in [-0.05, 0) is 75.5 Å². The molecule has 0 heterocycles. The van der Waals surface area contributed by atoms with Gasteiger partial charge in [0, 0.05) is 48.2 Å². The molecular formula is C72H156MoO12P6. The predicted octanol–water partition coefficient (Wildman–Crippen LogP) is 22.5. The molecule has 0 saturated heterocycles. The van der Waals surface area contributed by atoms with Gasteiger partial charge in [-0.2, -0.15) is 0 Å². The second-order valence-electron chi connectivity index (χ2n) is 25.8. The van der Waals surface area contributed by atoms with Crippen LogP contribution in [0.1, 0.15) is 427 Å². The SMILES string of the molecule is CCCCCCCCCCCC[PH](=O)[O-].CCCCCCCCCCCC[PH](=O)[O-].CCCCCCCCCCCC[PH](=O)[O-].CCCCCCCCCCCC[PH](=O)[O-].CCCCCCCCCCCC[PH](=O)[O-].CCCCCCCCCCCC[PH](=O)[O-].[Mo+6]. The molecule has 0 aromatic carbocycles. The standard InChI is InChI=1S/6C12H27O2P.Mo/c6*1-2-3-4-5-6-7-8-9-10-11-12-15(13)14;/h6*15H,2-12H2,1H3,(H,13,14);/q;;;;;;+6/p-6. The van der Waals surface area contributed by atoms with Crippen molar-refractivity contribution < 1.29 is 77.8 Å². The summed E-state index contributed by atoms with van der Waals surface area (Å²) < 4.78 is 61.9. The van der Waals surface area contributed by atoms with Gasteiger partial charge >= 0.3 is 21.1 Å². The molecule has 0 fully saturated rings. The van der Waals surface area contributed by atoms with Crippen molar-refractivity contribution in [1.82, 2.24) is 0 Å². The van der Waals surface area contributed by atoms with Crippen LogP contribution >= 0.6 is 48.2 Å². The van der Waals surface area contributed by atoms with E-state index in [9.17, 15) is 56.8 Å². The first-order valence-electron chi connectivity index (χ1n) is 38.8. The molecular weight excluding hydrogens is 1340 g/mol. The van der Waals surface area contributed by atoms with Crippen LogP contribution in [0.25, 0.3) is 0 Å². The Labute approximate surface area is 586 Å². The molecule has 0 rings (SSSR count). The average Bonchev–Trinajstić information content (AvgIpc) is 3.50. The second kappa shape index (κ2) is 103. The first-order chi connectivity index (χ1) is 43.6. The zero-order valence-electron chi connectivity index (χ0n) is 61.0. The van der Waals surface area contributed by atoms with Crippen molar-refractivity contribution in [2.75, 3.05) is 37.0 Å². The molecule has 0 aromatic rings. The van der Waals surface area contributed by atoms with Crippen molar-refractivity contribution in [3.63, 3.8) is 0 Å². The second-order valence-corrected chi connectivity index (χ2v) is 33.3. The third kappa shape index (κ3) is 136. The van der Waals surface area contributed by atoms with E-state index >= 15 is 0 Å². The summed E-state index contributed by atoms with van der Waals surface area (Å²) in [7, 11) is -14.7. The van der Waals surface area contributed by atoms with Crippen molar-refractivity contribution >= 4 is 48.2 Å². The quantitative estimate of drug-likeness (QED) is 0.0314. The average molecular weight is 1500 g/mol. The monoisotopic (exact) mass is 1500 g/mol. The summed E-state index contributed by atoms with van der Waals surface area (Å²) in [5, 5.41) is 0. The van der Waals surface area contributed by atoms with Gasteiger partial charge in [0.25, 0.3) is 0 Å². The Morgan fingerprint density at radius 3 is 0.275 bits per heavy atom. The van der Waals surface area contributed by atoms with E-state index < -0.39 is 48.2 Å². The van der Waals surface area contributed by atoms with Gasteiger partial charge in [-0.3, -0.25) is 0 Å². The van der Waals surface area contributed by atoms with Crippen LogP contribution in [0.15, 0.2) is 0 Å². The summed E-state index contributed by atoms with van der Waals surface area (Å²) >= 11 is 0. The predicted molar refractivity (Wildman–Crippen MR) is 394 cm³/mol. The Hall–Kier alpha value is 1.83. The van der Waals surface area contributed by atoms with Gasteiger partial charge in [-0.15, -0.1) is 0 Å². The van der Waals surface area contributed by atoms with Crippen molar-refractivity contribution in [2.45, 2.75) is 427 Å². The van der Waals surface area contributed by atoms with Crippen LogP contribution in [0.2, 0.25) is 0 Å². The normalized spacial score (nSPS) is 12.8. The molecule has 0 aromatic heterocycles. The first-order valence-corrected chi connectivity index (χ1v) is 48.0. The van der Waals surface area contributed by atoms with Gasteiger partial charge in [-0.1, -0.05) is 388 Å². The smallest absolute Gasteiger partial charge is 0.802 e. The van der Waals surface area contributed by atoms with Gasteiger partial charge in [0.05, 0.1) is 0 Å². The number of rotatable bonds is 66. The third-order valence-electron chi connectivity index (χ3n) is 16.4. The zero-order chi connectivity index (χ0) is 68.1. The van der Waals surface area contributed by atoms with Crippen LogP contribution in [-0.2, 0) is 48.5 Å². The summed E-state index contributed by atoms with van der Waals surface area (Å²) in [6.07, 6.45) is 78.1. The minimum absolute atomic E-state index is 0. The maximum absolute atomic E-state index is 10.3. The van der Waals surface area contributed by atoms with Crippen LogP contribution < -0.4 is 29.4 Å². The summed E-state index contributed by atoms with van der Waals surface area (Å²) in [6, 6.07) is 0. The largest absolute Gasteiger partial charge is 6.00 e. The van der Waals surface area contributed by atoms with Gasteiger partial charge in [0.2, 0.25) is 0 Å². The Morgan fingerprint density at radius 1 is 0.143 bits per heavy atom. The third-order valence-corrected chi connectivity index (χ3v) is 21.0. The molecule has 552 valence electrons. The Bertz CT molecular complexity index is 1160. The molecule has 12 nitrogen and oxygen atoms in total. The molecule has 91 heavy (non-hydrogen) atoms.